The quantitative estimate of drug-likeness (QED) is 0.330. The molecule has 0 atom stereocenters. The number of rotatable bonds is 10. The highest BCUT2D eigenvalue weighted by Gasteiger charge is 2.30. The number of anilines is 2. The number of nitrogens with zero attached hydrogens (tertiary/aromatic N) is 5. The van der Waals surface area contributed by atoms with E-state index in [1.807, 2.05) is 66.4 Å². The number of amides is 1. The van der Waals surface area contributed by atoms with E-state index in [2.05, 4.69) is 17.1 Å². The second kappa shape index (κ2) is 12.9. The van der Waals surface area contributed by atoms with Crippen LogP contribution in [0.4, 0.5) is 11.4 Å². The number of hydrogen-bond acceptors (Lipinski definition) is 6. The number of aryl methyl sites for hydroxylation is 1. The molecule has 0 aromatic heterocycles. The molecule has 0 unspecified atom stereocenters. The van der Waals surface area contributed by atoms with Crippen LogP contribution in [0.3, 0.4) is 0 Å². The molecule has 8 heteroatoms. The zero-order chi connectivity index (χ0) is 28.5. The van der Waals surface area contributed by atoms with Crippen LogP contribution in [0.2, 0.25) is 0 Å². The Morgan fingerprint density at radius 2 is 1.65 bits per heavy atom. The van der Waals surface area contributed by atoms with Gasteiger partial charge in [-0.1, -0.05) is 42.5 Å². The summed E-state index contributed by atoms with van der Waals surface area (Å²) in [5.74, 6) is -0.962. The van der Waals surface area contributed by atoms with Gasteiger partial charge in [-0.3, -0.25) is 9.69 Å². The molecule has 0 saturated carbocycles. The highest BCUT2D eigenvalue weighted by Crippen LogP contribution is 2.28. The first-order valence-electron chi connectivity index (χ1n) is 12.7. The number of carboxylic acids is 1. The van der Waals surface area contributed by atoms with Crippen molar-refractivity contribution in [3.05, 3.63) is 107 Å². The summed E-state index contributed by atoms with van der Waals surface area (Å²) in [4.78, 5) is 33.0. The molecule has 1 aliphatic rings. The SMILES string of the molecule is Cc1cc(N(CCC#N)CCC#N)ccc1/C=C1N=C(/C=C\c2ccccc2)N(c2ccc(C(=O)O)cc2)C\1=O. The monoisotopic (exact) mass is 529 g/mol. The lowest BCUT2D eigenvalue weighted by Gasteiger charge is -2.23. The molecule has 0 aliphatic carbocycles. The van der Waals surface area contributed by atoms with Gasteiger partial charge in [0.25, 0.3) is 5.91 Å². The predicted octanol–water partition coefficient (Wildman–Crippen LogP) is 5.83. The second-order valence-electron chi connectivity index (χ2n) is 9.08. The van der Waals surface area contributed by atoms with E-state index in [1.54, 1.807) is 24.3 Å². The largest absolute Gasteiger partial charge is 0.478 e. The van der Waals surface area contributed by atoms with E-state index in [4.69, 9.17) is 10.5 Å². The summed E-state index contributed by atoms with van der Waals surface area (Å²) < 4.78 is 0. The average Bonchev–Trinajstić information content (AvgIpc) is 3.28. The standard InChI is InChI=1S/C32H27N5O3/c1-23-21-28(36(19-5-17-33)20-6-18-34)15-12-26(23)22-29-31(38)37(27-13-10-25(11-14-27)32(39)40)30(35-29)16-9-24-7-3-2-4-8-24/h2-4,7-16,21-22H,5-6,19-20H2,1H3,(H,39,40)/b16-9-,29-22-. The maximum absolute atomic E-state index is 13.6. The molecular weight excluding hydrogens is 502 g/mol. The molecule has 8 nitrogen and oxygen atoms in total. The van der Waals surface area contributed by atoms with Gasteiger partial charge in [-0.15, -0.1) is 0 Å². The van der Waals surface area contributed by atoms with Crippen molar-refractivity contribution in [3.63, 3.8) is 0 Å². The van der Waals surface area contributed by atoms with Gasteiger partial charge < -0.3 is 10.0 Å². The number of amidine groups is 1. The summed E-state index contributed by atoms with van der Waals surface area (Å²) in [6.45, 7) is 2.98. The lowest BCUT2D eigenvalue weighted by atomic mass is 10.1. The molecule has 1 aliphatic heterocycles. The Morgan fingerprint density at radius 1 is 0.975 bits per heavy atom. The Hall–Kier alpha value is -5.47. The van der Waals surface area contributed by atoms with Crippen molar-refractivity contribution >= 4 is 41.2 Å². The van der Waals surface area contributed by atoms with Crippen LogP contribution in [-0.2, 0) is 4.79 Å². The Labute approximate surface area is 233 Å². The molecule has 1 heterocycles. The number of carboxylic acid groups (broad SMARTS) is 1. The number of carbonyl (C=O) groups is 2. The van der Waals surface area contributed by atoms with Crippen LogP contribution in [0, 0.1) is 29.6 Å². The molecule has 198 valence electrons. The van der Waals surface area contributed by atoms with Crippen molar-refractivity contribution in [1.29, 1.82) is 10.5 Å². The van der Waals surface area contributed by atoms with Crippen molar-refractivity contribution in [3.8, 4) is 12.1 Å². The molecule has 0 fully saturated rings. The lowest BCUT2D eigenvalue weighted by Crippen LogP contribution is -2.30. The van der Waals surface area contributed by atoms with E-state index in [1.165, 1.54) is 17.0 Å². The van der Waals surface area contributed by atoms with Crippen molar-refractivity contribution in [2.45, 2.75) is 19.8 Å². The van der Waals surface area contributed by atoms with Gasteiger partial charge in [-0.25, -0.2) is 9.79 Å². The van der Waals surface area contributed by atoms with Crippen molar-refractivity contribution < 1.29 is 14.7 Å². The molecule has 0 saturated heterocycles. The zero-order valence-corrected chi connectivity index (χ0v) is 22.0. The Balaban J connectivity index is 1.68. The van der Waals surface area contributed by atoms with Crippen molar-refractivity contribution in [2.75, 3.05) is 22.9 Å². The first-order valence-corrected chi connectivity index (χ1v) is 12.7. The van der Waals surface area contributed by atoms with Gasteiger partial charge in [0.1, 0.15) is 11.5 Å². The van der Waals surface area contributed by atoms with Gasteiger partial charge in [0.15, 0.2) is 0 Å². The Kier molecular flexibility index (Phi) is 8.86. The first kappa shape index (κ1) is 27.6. The van der Waals surface area contributed by atoms with Gasteiger partial charge in [0.05, 0.1) is 36.2 Å². The topological polar surface area (TPSA) is 121 Å². The van der Waals surface area contributed by atoms with E-state index in [0.717, 1.165) is 22.4 Å². The van der Waals surface area contributed by atoms with E-state index >= 15 is 0 Å². The normalized spacial score (nSPS) is 13.8. The number of hydrogen-bond donors (Lipinski definition) is 1. The molecule has 3 aromatic carbocycles. The summed E-state index contributed by atoms with van der Waals surface area (Å²) in [6.07, 6.45) is 6.06. The minimum absolute atomic E-state index is 0.124. The molecule has 1 amide bonds. The van der Waals surface area contributed by atoms with Crippen molar-refractivity contribution in [2.24, 2.45) is 4.99 Å². The maximum Gasteiger partial charge on any atom is 0.335 e. The van der Waals surface area contributed by atoms with Gasteiger partial charge in [-0.2, -0.15) is 10.5 Å². The number of nitriles is 2. The number of carbonyl (C=O) groups excluding carboxylic acids is 1. The third kappa shape index (κ3) is 6.50. The van der Waals surface area contributed by atoms with E-state index in [9.17, 15) is 14.7 Å². The van der Waals surface area contributed by atoms with Crippen LogP contribution in [0.5, 0.6) is 0 Å². The van der Waals surface area contributed by atoms with Crippen molar-refractivity contribution in [1.82, 2.24) is 0 Å². The molecule has 0 spiro atoms. The van der Waals surface area contributed by atoms with Crippen LogP contribution in [0.1, 0.15) is 39.9 Å². The van der Waals surface area contributed by atoms with Crippen LogP contribution < -0.4 is 9.80 Å². The molecule has 1 N–H and O–H groups in total. The van der Waals surface area contributed by atoms with Gasteiger partial charge >= 0.3 is 5.97 Å². The molecule has 4 rings (SSSR count). The molecule has 0 radical (unpaired) electrons. The lowest BCUT2D eigenvalue weighted by molar-refractivity contribution is -0.113. The predicted molar refractivity (Wildman–Crippen MR) is 156 cm³/mol. The fourth-order valence-electron chi connectivity index (χ4n) is 4.29. The molecular formula is C32H27N5O3. The maximum atomic E-state index is 13.6. The summed E-state index contributed by atoms with van der Waals surface area (Å²) >= 11 is 0. The summed E-state index contributed by atoms with van der Waals surface area (Å²) in [7, 11) is 0. The minimum atomic E-state index is -1.05. The molecule has 3 aromatic rings. The van der Waals surface area contributed by atoms with E-state index < -0.39 is 5.97 Å². The molecule has 40 heavy (non-hydrogen) atoms. The minimum Gasteiger partial charge on any atom is -0.478 e. The fourth-order valence-corrected chi connectivity index (χ4v) is 4.29. The van der Waals surface area contributed by atoms with Gasteiger partial charge in [-0.05, 0) is 72.2 Å². The Bertz CT molecular complexity index is 1560. The average molecular weight is 530 g/mol. The third-order valence-electron chi connectivity index (χ3n) is 6.38. The van der Waals surface area contributed by atoms with E-state index in [-0.39, 0.29) is 17.2 Å². The number of aliphatic imine (C=N–C) groups is 1. The molecule has 0 bridgehead atoms. The summed E-state index contributed by atoms with van der Waals surface area (Å²) in [5, 5.41) is 27.3. The highest BCUT2D eigenvalue weighted by atomic mass is 16.4. The number of benzene rings is 3. The third-order valence-corrected chi connectivity index (χ3v) is 6.38. The number of aromatic carboxylic acids is 1. The zero-order valence-electron chi connectivity index (χ0n) is 22.0. The first-order chi connectivity index (χ1) is 19.4. The summed E-state index contributed by atoms with van der Waals surface area (Å²) in [5.41, 5.74) is 4.45. The van der Waals surface area contributed by atoms with Crippen LogP contribution >= 0.6 is 0 Å². The Morgan fingerprint density at radius 3 is 2.25 bits per heavy atom. The smallest absolute Gasteiger partial charge is 0.335 e. The van der Waals surface area contributed by atoms with Crippen LogP contribution in [0.15, 0.2) is 89.6 Å². The fraction of sp³-hybridized carbons (Fsp3) is 0.156. The van der Waals surface area contributed by atoms with Gasteiger partial charge in [0.2, 0.25) is 0 Å². The summed E-state index contributed by atoms with van der Waals surface area (Å²) in [6, 6.07) is 25.8. The van der Waals surface area contributed by atoms with Crippen LogP contribution in [0.25, 0.3) is 12.2 Å². The second-order valence-corrected chi connectivity index (χ2v) is 9.08. The highest BCUT2D eigenvalue weighted by molar-refractivity contribution is 6.32. The van der Waals surface area contributed by atoms with Gasteiger partial charge in [0, 0.05) is 18.8 Å². The van der Waals surface area contributed by atoms with E-state index in [0.29, 0.717) is 37.5 Å². The van der Waals surface area contributed by atoms with Crippen LogP contribution in [-0.4, -0.2) is 35.9 Å².